The van der Waals surface area contributed by atoms with Crippen LogP contribution in [0.5, 0.6) is 5.75 Å². The van der Waals surface area contributed by atoms with Crippen LogP contribution in [-0.4, -0.2) is 60.3 Å². The molecule has 128 valence electrons. The molecule has 1 N–H and O–H groups in total. The van der Waals surface area contributed by atoms with Crippen molar-refractivity contribution >= 4 is 17.7 Å². The van der Waals surface area contributed by atoms with Gasteiger partial charge in [0.25, 0.3) is 0 Å². The van der Waals surface area contributed by atoms with Crippen LogP contribution in [0, 0.1) is 0 Å². The van der Waals surface area contributed by atoms with Crippen LogP contribution in [0.25, 0.3) is 0 Å². The molecule has 0 aromatic carbocycles. The van der Waals surface area contributed by atoms with Crippen LogP contribution >= 0.6 is 0 Å². The third kappa shape index (κ3) is 3.81. The third-order valence-corrected chi connectivity index (χ3v) is 4.02. The SMILES string of the molecule is COc1cnc(N2CCC(Nc3ccnc(N(C)C)n3)CC2)nc1. The van der Waals surface area contributed by atoms with E-state index in [1.165, 1.54) is 0 Å². The maximum atomic E-state index is 5.10. The highest BCUT2D eigenvalue weighted by molar-refractivity contribution is 5.41. The first kappa shape index (κ1) is 16.2. The second-order valence-electron chi connectivity index (χ2n) is 5.96. The molecule has 0 bridgehead atoms. The lowest BCUT2D eigenvalue weighted by molar-refractivity contribution is 0.410. The number of aromatic nitrogens is 4. The Bertz CT molecular complexity index is 654. The van der Waals surface area contributed by atoms with Crippen LogP contribution in [-0.2, 0) is 0 Å². The molecule has 0 radical (unpaired) electrons. The minimum Gasteiger partial charge on any atom is -0.494 e. The van der Waals surface area contributed by atoms with E-state index in [9.17, 15) is 0 Å². The second-order valence-corrected chi connectivity index (χ2v) is 5.96. The number of anilines is 3. The predicted octanol–water partition coefficient (Wildman–Crippen LogP) is 1.42. The Hall–Kier alpha value is -2.64. The zero-order chi connectivity index (χ0) is 16.9. The Morgan fingerprint density at radius 2 is 1.88 bits per heavy atom. The zero-order valence-electron chi connectivity index (χ0n) is 14.3. The quantitative estimate of drug-likeness (QED) is 0.882. The summed E-state index contributed by atoms with van der Waals surface area (Å²) in [6, 6.07) is 2.30. The van der Waals surface area contributed by atoms with E-state index in [2.05, 4.69) is 30.2 Å². The van der Waals surface area contributed by atoms with Crippen molar-refractivity contribution in [1.82, 2.24) is 19.9 Å². The molecule has 0 spiro atoms. The number of rotatable bonds is 5. The summed E-state index contributed by atoms with van der Waals surface area (Å²) in [7, 11) is 5.49. The minimum atomic E-state index is 0.393. The fourth-order valence-corrected chi connectivity index (χ4v) is 2.66. The number of ether oxygens (including phenoxy) is 1. The Labute approximate surface area is 141 Å². The minimum absolute atomic E-state index is 0.393. The van der Waals surface area contributed by atoms with Gasteiger partial charge in [-0.1, -0.05) is 0 Å². The van der Waals surface area contributed by atoms with Crippen LogP contribution in [0.4, 0.5) is 17.7 Å². The summed E-state index contributed by atoms with van der Waals surface area (Å²) in [6.07, 6.45) is 7.21. The number of hydrogen-bond acceptors (Lipinski definition) is 8. The zero-order valence-corrected chi connectivity index (χ0v) is 14.3. The molecule has 3 rings (SSSR count). The van der Waals surface area contributed by atoms with E-state index >= 15 is 0 Å². The normalized spacial score (nSPS) is 15.2. The van der Waals surface area contributed by atoms with Gasteiger partial charge in [0.2, 0.25) is 11.9 Å². The summed E-state index contributed by atoms with van der Waals surface area (Å²) in [4.78, 5) is 21.6. The van der Waals surface area contributed by atoms with Crippen LogP contribution in [0.15, 0.2) is 24.7 Å². The van der Waals surface area contributed by atoms with Gasteiger partial charge >= 0.3 is 0 Å². The molecule has 1 fully saturated rings. The molecular formula is C16H23N7O. The Balaban J connectivity index is 1.56. The summed E-state index contributed by atoms with van der Waals surface area (Å²) in [5.41, 5.74) is 0. The molecule has 1 aliphatic rings. The summed E-state index contributed by atoms with van der Waals surface area (Å²) in [5.74, 6) is 3.01. The topological polar surface area (TPSA) is 79.3 Å². The third-order valence-electron chi connectivity index (χ3n) is 4.02. The molecule has 2 aromatic rings. The van der Waals surface area contributed by atoms with E-state index in [-0.39, 0.29) is 0 Å². The Morgan fingerprint density at radius 1 is 1.17 bits per heavy atom. The van der Waals surface area contributed by atoms with E-state index in [0.717, 1.165) is 37.7 Å². The van der Waals surface area contributed by atoms with Crippen LogP contribution < -0.4 is 19.9 Å². The van der Waals surface area contributed by atoms with Gasteiger partial charge in [0, 0.05) is 39.4 Å². The van der Waals surface area contributed by atoms with E-state index in [1.54, 1.807) is 25.7 Å². The monoisotopic (exact) mass is 329 g/mol. The highest BCUT2D eigenvalue weighted by atomic mass is 16.5. The van der Waals surface area contributed by atoms with Gasteiger partial charge in [-0.2, -0.15) is 4.98 Å². The van der Waals surface area contributed by atoms with E-state index in [1.807, 2.05) is 25.1 Å². The maximum absolute atomic E-state index is 5.10. The lowest BCUT2D eigenvalue weighted by atomic mass is 10.1. The lowest BCUT2D eigenvalue weighted by Crippen LogP contribution is -2.40. The van der Waals surface area contributed by atoms with Crippen molar-refractivity contribution in [1.29, 1.82) is 0 Å². The fourth-order valence-electron chi connectivity index (χ4n) is 2.66. The van der Waals surface area contributed by atoms with Crippen LogP contribution in [0.1, 0.15) is 12.8 Å². The molecule has 2 aromatic heterocycles. The molecule has 0 atom stereocenters. The molecule has 0 saturated carbocycles. The smallest absolute Gasteiger partial charge is 0.226 e. The molecular weight excluding hydrogens is 306 g/mol. The average molecular weight is 329 g/mol. The molecule has 1 saturated heterocycles. The highest BCUT2D eigenvalue weighted by Crippen LogP contribution is 2.20. The standard InChI is InChI=1S/C16H23N7O/c1-22(2)16-17-7-4-14(21-16)20-12-5-8-23(9-6-12)15-18-10-13(24-3)11-19-15/h4,7,10-12H,5-6,8-9H2,1-3H3,(H,17,20,21). The molecule has 24 heavy (non-hydrogen) atoms. The molecule has 8 nitrogen and oxygen atoms in total. The Morgan fingerprint density at radius 3 is 2.50 bits per heavy atom. The van der Waals surface area contributed by atoms with E-state index in [0.29, 0.717) is 17.7 Å². The first-order chi connectivity index (χ1) is 11.7. The number of methoxy groups -OCH3 is 1. The predicted molar refractivity (Wildman–Crippen MR) is 93.8 cm³/mol. The largest absolute Gasteiger partial charge is 0.494 e. The summed E-state index contributed by atoms with van der Waals surface area (Å²) >= 11 is 0. The van der Waals surface area contributed by atoms with Crippen LogP contribution in [0.3, 0.4) is 0 Å². The molecule has 0 aliphatic carbocycles. The van der Waals surface area contributed by atoms with Gasteiger partial charge in [0.1, 0.15) is 5.82 Å². The van der Waals surface area contributed by atoms with Gasteiger partial charge in [0.15, 0.2) is 5.75 Å². The van der Waals surface area contributed by atoms with Crippen molar-refractivity contribution in [2.75, 3.05) is 49.4 Å². The molecule has 0 amide bonds. The summed E-state index contributed by atoms with van der Waals surface area (Å²) < 4.78 is 5.10. The van der Waals surface area contributed by atoms with Crippen LogP contribution in [0.2, 0.25) is 0 Å². The Kier molecular flexibility index (Phi) is 4.93. The van der Waals surface area contributed by atoms with Crippen molar-refractivity contribution in [2.24, 2.45) is 0 Å². The number of hydrogen-bond donors (Lipinski definition) is 1. The van der Waals surface area contributed by atoms with Crippen molar-refractivity contribution in [3.8, 4) is 5.75 Å². The van der Waals surface area contributed by atoms with Crippen molar-refractivity contribution in [3.05, 3.63) is 24.7 Å². The molecule has 0 unspecified atom stereocenters. The van der Waals surface area contributed by atoms with Gasteiger partial charge in [-0.3, -0.25) is 0 Å². The summed E-state index contributed by atoms with van der Waals surface area (Å²) in [6.45, 7) is 1.82. The fraction of sp³-hybridized carbons (Fsp3) is 0.500. The lowest BCUT2D eigenvalue weighted by Gasteiger charge is -2.32. The first-order valence-electron chi connectivity index (χ1n) is 8.03. The molecule has 3 heterocycles. The first-order valence-corrected chi connectivity index (χ1v) is 8.03. The number of nitrogens with zero attached hydrogens (tertiary/aromatic N) is 6. The number of nitrogens with one attached hydrogen (secondary N) is 1. The van der Waals surface area contributed by atoms with Gasteiger partial charge in [0.05, 0.1) is 19.5 Å². The average Bonchev–Trinajstić information content (AvgIpc) is 2.63. The van der Waals surface area contributed by atoms with Gasteiger partial charge < -0.3 is 19.9 Å². The highest BCUT2D eigenvalue weighted by Gasteiger charge is 2.21. The van der Waals surface area contributed by atoms with Gasteiger partial charge in [-0.25, -0.2) is 15.0 Å². The molecule has 1 aliphatic heterocycles. The second kappa shape index (κ2) is 7.29. The number of piperidine rings is 1. The van der Waals surface area contributed by atoms with E-state index in [4.69, 9.17) is 4.74 Å². The van der Waals surface area contributed by atoms with Gasteiger partial charge in [-0.05, 0) is 18.9 Å². The van der Waals surface area contributed by atoms with Gasteiger partial charge in [-0.15, -0.1) is 0 Å². The van der Waals surface area contributed by atoms with Crippen molar-refractivity contribution in [2.45, 2.75) is 18.9 Å². The van der Waals surface area contributed by atoms with Crippen molar-refractivity contribution < 1.29 is 4.74 Å². The summed E-state index contributed by atoms with van der Waals surface area (Å²) in [5, 5.41) is 3.50. The van der Waals surface area contributed by atoms with E-state index < -0.39 is 0 Å². The molecule has 8 heteroatoms. The maximum Gasteiger partial charge on any atom is 0.226 e. The van der Waals surface area contributed by atoms with Crippen molar-refractivity contribution in [3.63, 3.8) is 0 Å².